The quantitative estimate of drug-likeness (QED) is 0.635. The van der Waals surface area contributed by atoms with Gasteiger partial charge < -0.3 is 4.74 Å². The van der Waals surface area contributed by atoms with Crippen LogP contribution >= 0.6 is 0 Å². The van der Waals surface area contributed by atoms with E-state index < -0.39 is 15.5 Å². The lowest BCUT2D eigenvalue weighted by molar-refractivity contribution is -0.149. The Morgan fingerprint density at radius 3 is 2.48 bits per heavy atom. The van der Waals surface area contributed by atoms with Gasteiger partial charge in [0.05, 0.1) is 10.3 Å². The van der Waals surface area contributed by atoms with E-state index in [-0.39, 0.29) is 17.0 Å². The smallest absolute Gasteiger partial charge is 0.312 e. The molecule has 0 aromatic heterocycles. The predicted octanol–water partition coefficient (Wildman–Crippen LogP) is 3.30. The Bertz CT molecular complexity index is 689. The van der Waals surface area contributed by atoms with Crippen molar-refractivity contribution in [3.05, 3.63) is 29.3 Å². The zero-order chi connectivity index (χ0) is 17.3. The number of hydrogen-bond acceptors (Lipinski definition) is 4. The maximum absolute atomic E-state index is 12.1. The van der Waals surface area contributed by atoms with Crippen molar-refractivity contribution in [3.63, 3.8) is 0 Å². The maximum Gasteiger partial charge on any atom is 0.312 e. The molecule has 0 aliphatic carbocycles. The lowest BCUT2D eigenvalue weighted by Crippen LogP contribution is -2.24. The molecule has 0 amide bonds. The van der Waals surface area contributed by atoms with Gasteiger partial charge in [-0.25, -0.2) is 0 Å². The minimum atomic E-state index is -4.25. The van der Waals surface area contributed by atoms with Crippen molar-refractivity contribution in [2.45, 2.75) is 63.9 Å². The van der Waals surface area contributed by atoms with Crippen LogP contribution in [0.2, 0.25) is 0 Å². The van der Waals surface area contributed by atoms with E-state index in [0.29, 0.717) is 24.8 Å². The molecule has 1 aromatic carbocycles. The van der Waals surface area contributed by atoms with Gasteiger partial charge in [-0.15, -0.1) is 0 Å². The summed E-state index contributed by atoms with van der Waals surface area (Å²) >= 11 is 0. The van der Waals surface area contributed by atoms with Gasteiger partial charge in [-0.1, -0.05) is 31.5 Å². The van der Waals surface area contributed by atoms with Crippen molar-refractivity contribution in [2.75, 3.05) is 0 Å². The van der Waals surface area contributed by atoms with E-state index in [2.05, 4.69) is 0 Å². The first-order valence-electron chi connectivity index (χ1n) is 8.00. The SMILES string of the molecule is CCC1(CC)CC(CCc2cc(C)ccc2S(=O)(=O)O)OC1=O. The van der Waals surface area contributed by atoms with Gasteiger partial charge in [0, 0.05) is 6.42 Å². The first-order valence-corrected chi connectivity index (χ1v) is 9.44. The average Bonchev–Trinajstić information content (AvgIpc) is 2.80. The lowest BCUT2D eigenvalue weighted by atomic mass is 9.79. The summed E-state index contributed by atoms with van der Waals surface area (Å²) in [4.78, 5) is 12.0. The van der Waals surface area contributed by atoms with E-state index in [0.717, 1.165) is 18.4 Å². The Labute approximate surface area is 137 Å². The number of rotatable bonds is 6. The van der Waals surface area contributed by atoms with Gasteiger partial charge in [-0.2, -0.15) is 8.42 Å². The molecule has 1 unspecified atom stereocenters. The molecule has 23 heavy (non-hydrogen) atoms. The molecule has 1 N–H and O–H groups in total. The molecule has 1 aliphatic heterocycles. The molecule has 6 heteroatoms. The molecule has 1 saturated heterocycles. The van der Waals surface area contributed by atoms with Crippen molar-refractivity contribution >= 4 is 16.1 Å². The normalized spacial score (nSPS) is 20.5. The van der Waals surface area contributed by atoms with Crippen LogP contribution in [0.1, 0.15) is 50.7 Å². The van der Waals surface area contributed by atoms with Crippen LogP contribution in [0.15, 0.2) is 23.1 Å². The molecule has 1 heterocycles. The van der Waals surface area contributed by atoms with Crippen molar-refractivity contribution in [1.29, 1.82) is 0 Å². The maximum atomic E-state index is 12.1. The van der Waals surface area contributed by atoms with E-state index in [1.54, 1.807) is 12.1 Å². The van der Waals surface area contributed by atoms with Crippen molar-refractivity contribution in [1.82, 2.24) is 0 Å². The molecule has 5 nitrogen and oxygen atoms in total. The number of carbonyl (C=O) groups is 1. The highest BCUT2D eigenvalue weighted by Crippen LogP contribution is 2.41. The summed E-state index contributed by atoms with van der Waals surface area (Å²) in [5.41, 5.74) is 1.09. The van der Waals surface area contributed by atoms with Crippen LogP contribution in [0, 0.1) is 12.3 Å². The third kappa shape index (κ3) is 3.75. The van der Waals surface area contributed by atoms with Crippen LogP contribution in [0.4, 0.5) is 0 Å². The highest BCUT2D eigenvalue weighted by atomic mass is 32.2. The highest BCUT2D eigenvalue weighted by Gasteiger charge is 2.45. The lowest BCUT2D eigenvalue weighted by Gasteiger charge is -2.20. The predicted molar refractivity (Wildman–Crippen MR) is 86.8 cm³/mol. The van der Waals surface area contributed by atoms with E-state index in [1.165, 1.54) is 6.07 Å². The highest BCUT2D eigenvalue weighted by molar-refractivity contribution is 7.85. The van der Waals surface area contributed by atoms with Crippen LogP contribution in [0.3, 0.4) is 0 Å². The second-order valence-corrected chi connectivity index (χ2v) is 7.73. The molecule has 2 rings (SSSR count). The first-order chi connectivity index (χ1) is 10.7. The van der Waals surface area contributed by atoms with Crippen LogP contribution in [0.25, 0.3) is 0 Å². The minimum Gasteiger partial charge on any atom is -0.462 e. The number of esters is 1. The number of ether oxygens (including phenoxy) is 1. The van der Waals surface area contributed by atoms with Gasteiger partial charge in [0.2, 0.25) is 0 Å². The molecular formula is C17H24O5S. The van der Waals surface area contributed by atoms with Gasteiger partial charge in [0.1, 0.15) is 6.10 Å². The summed E-state index contributed by atoms with van der Waals surface area (Å²) < 4.78 is 37.8. The second kappa shape index (κ2) is 6.61. The number of benzene rings is 1. The number of carbonyl (C=O) groups excluding carboxylic acids is 1. The van der Waals surface area contributed by atoms with Crippen LogP contribution in [0.5, 0.6) is 0 Å². The molecule has 1 aromatic rings. The third-order valence-electron chi connectivity index (χ3n) is 4.91. The molecule has 1 aliphatic rings. The number of hydrogen-bond donors (Lipinski definition) is 1. The van der Waals surface area contributed by atoms with E-state index in [9.17, 15) is 17.8 Å². The fraction of sp³-hybridized carbons (Fsp3) is 0.588. The monoisotopic (exact) mass is 340 g/mol. The van der Waals surface area contributed by atoms with Crippen LogP contribution < -0.4 is 0 Å². The first kappa shape index (κ1) is 17.9. The molecule has 0 radical (unpaired) electrons. The van der Waals surface area contributed by atoms with Gasteiger partial charge in [0.25, 0.3) is 10.1 Å². The van der Waals surface area contributed by atoms with Crippen molar-refractivity contribution < 1.29 is 22.5 Å². The number of cyclic esters (lactones) is 1. The molecular weight excluding hydrogens is 316 g/mol. The summed E-state index contributed by atoms with van der Waals surface area (Å²) in [6.45, 7) is 5.85. The standard InChI is InChI=1S/C17H24O5S/c1-4-17(5-2)11-14(22-16(17)18)8-7-13-10-12(3)6-9-15(13)23(19,20)21/h6,9-10,14H,4-5,7-8,11H2,1-3H3,(H,19,20,21). The summed E-state index contributed by atoms with van der Waals surface area (Å²) in [5.74, 6) is -0.147. The minimum absolute atomic E-state index is 0.0651. The Balaban J connectivity index is 2.14. The molecule has 0 spiro atoms. The van der Waals surface area contributed by atoms with Crippen LogP contribution in [-0.2, 0) is 26.1 Å². The number of aryl methyl sites for hydroxylation is 2. The van der Waals surface area contributed by atoms with Crippen molar-refractivity contribution in [3.8, 4) is 0 Å². The van der Waals surface area contributed by atoms with E-state index >= 15 is 0 Å². The summed E-state index contributed by atoms with van der Waals surface area (Å²) in [7, 11) is -4.25. The Morgan fingerprint density at radius 2 is 1.96 bits per heavy atom. The molecule has 128 valence electrons. The molecule has 0 saturated carbocycles. The van der Waals surface area contributed by atoms with Gasteiger partial charge in [-0.3, -0.25) is 9.35 Å². The fourth-order valence-electron chi connectivity index (χ4n) is 3.30. The molecule has 1 fully saturated rings. The summed E-state index contributed by atoms with van der Waals surface area (Å²) in [6, 6.07) is 4.83. The van der Waals surface area contributed by atoms with E-state index in [4.69, 9.17) is 4.74 Å². The average molecular weight is 340 g/mol. The Morgan fingerprint density at radius 1 is 1.30 bits per heavy atom. The van der Waals surface area contributed by atoms with Gasteiger partial charge in [-0.05, 0) is 44.2 Å². The third-order valence-corrected chi connectivity index (χ3v) is 5.86. The topological polar surface area (TPSA) is 80.7 Å². The van der Waals surface area contributed by atoms with Gasteiger partial charge >= 0.3 is 5.97 Å². The van der Waals surface area contributed by atoms with Crippen LogP contribution in [-0.4, -0.2) is 25.0 Å². The Kier molecular flexibility index (Phi) is 5.16. The molecule has 0 bridgehead atoms. The zero-order valence-corrected chi connectivity index (χ0v) is 14.6. The largest absolute Gasteiger partial charge is 0.462 e. The summed E-state index contributed by atoms with van der Waals surface area (Å²) in [6.07, 6.45) is 2.97. The van der Waals surface area contributed by atoms with Crippen molar-refractivity contribution in [2.24, 2.45) is 5.41 Å². The Hall–Kier alpha value is -1.40. The molecule has 1 atom stereocenters. The van der Waals surface area contributed by atoms with E-state index in [1.807, 2.05) is 20.8 Å². The fourth-order valence-corrected chi connectivity index (χ4v) is 4.03. The summed E-state index contributed by atoms with van der Waals surface area (Å²) in [5, 5.41) is 0. The zero-order valence-electron chi connectivity index (χ0n) is 13.8. The van der Waals surface area contributed by atoms with Gasteiger partial charge in [0.15, 0.2) is 0 Å². The second-order valence-electron chi connectivity index (χ2n) is 6.34.